The summed E-state index contributed by atoms with van der Waals surface area (Å²) in [5.74, 6) is 0. The van der Waals surface area contributed by atoms with E-state index in [0.717, 1.165) is 27.6 Å². The van der Waals surface area contributed by atoms with Crippen molar-refractivity contribution in [2.24, 2.45) is 0 Å². The molecule has 0 amide bonds. The molecule has 0 spiro atoms. The Morgan fingerprint density at radius 2 is 1.79 bits per heavy atom. The molecule has 1 fully saturated rings. The molecule has 0 aliphatic carbocycles. The van der Waals surface area contributed by atoms with Crippen LogP contribution in [0.2, 0.25) is 0 Å². The number of nitrogens with one attached hydrogen (secondary N) is 1. The van der Waals surface area contributed by atoms with Crippen LogP contribution in [0.1, 0.15) is 29.0 Å². The molecule has 0 saturated carbocycles. The van der Waals surface area contributed by atoms with Crippen molar-refractivity contribution >= 4 is 38.9 Å². The van der Waals surface area contributed by atoms with Crippen LogP contribution in [0.4, 0.5) is 0 Å². The molecule has 1 aliphatic heterocycles. The number of rotatable bonds is 5. The van der Waals surface area contributed by atoms with Crippen LogP contribution in [-0.4, -0.2) is 29.5 Å². The number of para-hydroxylation sites is 1. The summed E-state index contributed by atoms with van der Waals surface area (Å²) >= 11 is 7.52. The zero-order valence-corrected chi connectivity index (χ0v) is 19.2. The Balaban J connectivity index is 1.46. The topological polar surface area (TPSA) is 58.9 Å². The SMILES string of the molecule is S=C1N[C@@H](c2ccccn2)[C@@H](c2cccn2-c2nc3ccccc3s2)N1Cc1ccncc1. The van der Waals surface area contributed by atoms with Crippen molar-refractivity contribution in [1.29, 1.82) is 0 Å². The lowest BCUT2D eigenvalue weighted by Crippen LogP contribution is -2.30. The van der Waals surface area contributed by atoms with Crippen molar-refractivity contribution in [3.8, 4) is 5.13 Å². The monoisotopic (exact) mass is 468 g/mol. The van der Waals surface area contributed by atoms with Crippen molar-refractivity contribution in [3.63, 3.8) is 0 Å². The molecule has 2 atom stereocenters. The van der Waals surface area contributed by atoms with E-state index in [0.29, 0.717) is 11.7 Å². The van der Waals surface area contributed by atoms with Gasteiger partial charge in [-0.1, -0.05) is 29.5 Å². The lowest BCUT2D eigenvalue weighted by atomic mass is 10.0. The molecule has 1 saturated heterocycles. The Labute approximate surface area is 200 Å². The fraction of sp³-hybridized carbons (Fsp3) is 0.120. The van der Waals surface area contributed by atoms with Crippen molar-refractivity contribution in [2.45, 2.75) is 18.6 Å². The van der Waals surface area contributed by atoms with Crippen LogP contribution in [0.3, 0.4) is 0 Å². The van der Waals surface area contributed by atoms with Gasteiger partial charge in [0.15, 0.2) is 10.2 Å². The van der Waals surface area contributed by atoms with Crippen molar-refractivity contribution in [1.82, 2.24) is 29.7 Å². The highest BCUT2D eigenvalue weighted by Gasteiger charge is 2.41. The van der Waals surface area contributed by atoms with E-state index in [9.17, 15) is 0 Å². The van der Waals surface area contributed by atoms with E-state index in [2.05, 4.69) is 55.2 Å². The Hall–Kier alpha value is -3.62. The molecule has 5 aromatic rings. The van der Waals surface area contributed by atoms with Crippen LogP contribution in [0, 0.1) is 0 Å². The Morgan fingerprint density at radius 1 is 0.939 bits per heavy atom. The number of hydrogen-bond donors (Lipinski definition) is 1. The Bertz CT molecular complexity index is 1380. The molecule has 5 heterocycles. The second-order valence-electron chi connectivity index (χ2n) is 7.88. The third-order valence-corrected chi connectivity index (χ3v) is 7.26. The number of fused-ring (bicyclic) bond motifs is 1. The summed E-state index contributed by atoms with van der Waals surface area (Å²) in [6.07, 6.45) is 7.54. The van der Waals surface area contributed by atoms with E-state index >= 15 is 0 Å². The number of pyridine rings is 2. The molecule has 1 aromatic carbocycles. The minimum Gasteiger partial charge on any atom is -0.352 e. The molecule has 1 aliphatic rings. The van der Waals surface area contributed by atoms with Gasteiger partial charge in [-0.2, -0.15) is 0 Å². The summed E-state index contributed by atoms with van der Waals surface area (Å²) < 4.78 is 3.35. The predicted octanol–water partition coefficient (Wildman–Crippen LogP) is 5.05. The fourth-order valence-electron chi connectivity index (χ4n) is 4.35. The average Bonchev–Trinajstić information content (AvgIpc) is 3.57. The summed E-state index contributed by atoms with van der Waals surface area (Å²) in [5, 5.41) is 5.19. The molecule has 0 bridgehead atoms. The highest BCUT2D eigenvalue weighted by molar-refractivity contribution is 7.80. The van der Waals surface area contributed by atoms with E-state index < -0.39 is 0 Å². The zero-order chi connectivity index (χ0) is 22.2. The second-order valence-corrected chi connectivity index (χ2v) is 9.27. The number of benzene rings is 1. The van der Waals surface area contributed by atoms with E-state index in [1.807, 2.05) is 61.1 Å². The Kier molecular flexibility index (Phi) is 5.09. The van der Waals surface area contributed by atoms with Gasteiger partial charge in [0.2, 0.25) is 0 Å². The van der Waals surface area contributed by atoms with Gasteiger partial charge in [-0.3, -0.25) is 14.5 Å². The highest BCUT2D eigenvalue weighted by Crippen LogP contribution is 2.41. The van der Waals surface area contributed by atoms with Gasteiger partial charge in [-0.05, 0) is 66.3 Å². The van der Waals surface area contributed by atoms with Crippen molar-refractivity contribution < 1.29 is 0 Å². The first-order valence-electron chi connectivity index (χ1n) is 10.7. The summed E-state index contributed by atoms with van der Waals surface area (Å²) in [5.41, 5.74) is 4.23. The number of nitrogens with zero attached hydrogens (tertiary/aromatic N) is 5. The molecule has 6 rings (SSSR count). The van der Waals surface area contributed by atoms with Crippen molar-refractivity contribution in [2.75, 3.05) is 0 Å². The number of thiazole rings is 1. The van der Waals surface area contributed by atoms with E-state index in [4.69, 9.17) is 17.2 Å². The molecular formula is C25H20N6S2. The van der Waals surface area contributed by atoms with Crippen LogP contribution < -0.4 is 5.32 Å². The smallest absolute Gasteiger partial charge is 0.194 e. The van der Waals surface area contributed by atoms with Gasteiger partial charge in [-0.15, -0.1) is 0 Å². The standard InChI is InChI=1S/C25H20N6S2/c32-24-29-22(19-7-3-4-12-27-19)23(31(24)16-17-10-13-26-14-11-17)20-8-5-15-30(20)25-28-18-6-1-2-9-21(18)33-25/h1-15,22-23H,16H2,(H,29,32)/t22-,23+/m0/s1. The van der Waals surface area contributed by atoms with Gasteiger partial charge in [0, 0.05) is 31.3 Å². The molecule has 33 heavy (non-hydrogen) atoms. The summed E-state index contributed by atoms with van der Waals surface area (Å²) in [6, 6.07) is 22.4. The maximum absolute atomic E-state index is 5.83. The largest absolute Gasteiger partial charge is 0.352 e. The number of thiocarbonyl (C=S) groups is 1. The number of hydrogen-bond acceptors (Lipinski definition) is 5. The van der Waals surface area contributed by atoms with Gasteiger partial charge in [-0.25, -0.2) is 4.98 Å². The molecule has 8 heteroatoms. The zero-order valence-electron chi connectivity index (χ0n) is 17.6. The van der Waals surface area contributed by atoms with Crippen LogP contribution in [-0.2, 0) is 6.54 Å². The maximum atomic E-state index is 5.83. The van der Waals surface area contributed by atoms with Gasteiger partial charge in [0.1, 0.15) is 0 Å². The first kappa shape index (κ1) is 20.0. The Morgan fingerprint density at radius 3 is 2.61 bits per heavy atom. The van der Waals surface area contributed by atoms with E-state index in [-0.39, 0.29) is 12.1 Å². The highest BCUT2D eigenvalue weighted by atomic mass is 32.1. The van der Waals surface area contributed by atoms with Crippen molar-refractivity contribution in [3.05, 3.63) is 108 Å². The third-order valence-electron chi connectivity index (χ3n) is 5.87. The summed E-state index contributed by atoms with van der Waals surface area (Å²) in [6.45, 7) is 0.674. The van der Waals surface area contributed by atoms with Crippen LogP contribution in [0.5, 0.6) is 0 Å². The van der Waals surface area contributed by atoms with Gasteiger partial charge in [0.25, 0.3) is 0 Å². The molecule has 162 valence electrons. The maximum Gasteiger partial charge on any atom is 0.194 e. The minimum absolute atomic E-state index is 0.0532. The fourth-order valence-corrected chi connectivity index (χ4v) is 5.63. The summed E-state index contributed by atoms with van der Waals surface area (Å²) in [7, 11) is 0. The van der Waals surface area contributed by atoms with E-state index in [1.165, 1.54) is 4.70 Å². The van der Waals surface area contributed by atoms with E-state index in [1.54, 1.807) is 11.3 Å². The van der Waals surface area contributed by atoms with Gasteiger partial charge >= 0.3 is 0 Å². The second kappa shape index (κ2) is 8.38. The normalized spacial score (nSPS) is 18.1. The molecule has 0 unspecified atom stereocenters. The minimum atomic E-state index is -0.0800. The van der Waals surface area contributed by atoms with Gasteiger partial charge in [0.05, 0.1) is 33.7 Å². The first-order chi connectivity index (χ1) is 16.3. The third kappa shape index (κ3) is 3.67. The van der Waals surface area contributed by atoms with Gasteiger partial charge < -0.3 is 10.2 Å². The molecule has 1 N–H and O–H groups in total. The lowest BCUT2D eigenvalue weighted by molar-refractivity contribution is 0.302. The predicted molar refractivity (Wildman–Crippen MR) is 134 cm³/mol. The summed E-state index contributed by atoms with van der Waals surface area (Å²) in [4.78, 5) is 15.9. The molecule has 6 nitrogen and oxygen atoms in total. The molecule has 0 radical (unpaired) electrons. The quantitative estimate of drug-likeness (QED) is 0.364. The van der Waals surface area contributed by atoms with Crippen LogP contribution in [0.15, 0.2) is 91.5 Å². The molecule has 4 aromatic heterocycles. The first-order valence-corrected chi connectivity index (χ1v) is 11.9. The number of aromatic nitrogens is 4. The lowest BCUT2D eigenvalue weighted by Gasteiger charge is -2.28. The average molecular weight is 469 g/mol. The molecular weight excluding hydrogens is 448 g/mol. The van der Waals surface area contributed by atoms with Crippen LogP contribution >= 0.6 is 23.6 Å². The van der Waals surface area contributed by atoms with Crippen LogP contribution in [0.25, 0.3) is 15.3 Å².